The first-order valence-corrected chi connectivity index (χ1v) is 7.13. The maximum absolute atomic E-state index is 9.71. The molecule has 1 aliphatic heterocycles. The summed E-state index contributed by atoms with van der Waals surface area (Å²) in [4.78, 5) is 4.39. The monoisotopic (exact) mass is 372 g/mol. The van der Waals surface area contributed by atoms with E-state index in [-0.39, 0.29) is 5.75 Å². The summed E-state index contributed by atoms with van der Waals surface area (Å²) in [6, 6.07) is 5.27. The molecule has 2 aromatic rings. The molecule has 1 N–H and O–H groups in total. The van der Waals surface area contributed by atoms with E-state index in [2.05, 4.69) is 32.7 Å². The lowest BCUT2D eigenvalue weighted by molar-refractivity contribution is 0.00768. The zero-order valence-electron chi connectivity index (χ0n) is 10.4. The Kier molecular flexibility index (Phi) is 3.22. The number of hydrogen-bond acceptors (Lipinski definition) is 5. The van der Waals surface area contributed by atoms with E-state index in [0.717, 1.165) is 23.0 Å². The SMILES string of the molecule is CC1(c2noc(-c3ccc(I)c(O)c3)n2)CCCO1. The van der Waals surface area contributed by atoms with Gasteiger partial charge in [-0.05, 0) is 60.6 Å². The van der Waals surface area contributed by atoms with Crippen LogP contribution in [0, 0.1) is 3.57 Å². The second kappa shape index (κ2) is 4.75. The molecule has 1 aromatic heterocycles. The van der Waals surface area contributed by atoms with E-state index < -0.39 is 5.60 Å². The number of halogens is 1. The summed E-state index contributed by atoms with van der Waals surface area (Å²) >= 11 is 2.06. The summed E-state index contributed by atoms with van der Waals surface area (Å²) in [5, 5.41) is 13.7. The smallest absolute Gasteiger partial charge is 0.258 e. The molecular formula is C13H13IN2O3. The van der Waals surface area contributed by atoms with Crippen molar-refractivity contribution in [3.05, 3.63) is 27.6 Å². The van der Waals surface area contributed by atoms with Crippen LogP contribution in [0.3, 0.4) is 0 Å². The van der Waals surface area contributed by atoms with E-state index in [1.807, 2.05) is 19.1 Å². The topological polar surface area (TPSA) is 68.4 Å². The molecule has 100 valence electrons. The third kappa shape index (κ3) is 2.34. The number of nitrogens with zero attached hydrogens (tertiary/aromatic N) is 2. The Bertz CT molecular complexity index is 606. The highest BCUT2D eigenvalue weighted by molar-refractivity contribution is 14.1. The Morgan fingerprint density at radius 2 is 2.26 bits per heavy atom. The zero-order chi connectivity index (χ0) is 13.5. The Morgan fingerprint density at radius 1 is 1.42 bits per heavy atom. The summed E-state index contributed by atoms with van der Waals surface area (Å²) in [6.45, 7) is 2.70. The van der Waals surface area contributed by atoms with Crippen molar-refractivity contribution in [1.29, 1.82) is 0 Å². The number of benzene rings is 1. The van der Waals surface area contributed by atoms with Gasteiger partial charge in [-0.1, -0.05) is 5.16 Å². The maximum atomic E-state index is 9.71. The Hall–Kier alpha value is -1.15. The van der Waals surface area contributed by atoms with Gasteiger partial charge in [0.2, 0.25) is 5.82 Å². The van der Waals surface area contributed by atoms with Gasteiger partial charge in [-0.25, -0.2) is 0 Å². The highest BCUT2D eigenvalue weighted by Gasteiger charge is 2.36. The van der Waals surface area contributed by atoms with Crippen molar-refractivity contribution in [3.63, 3.8) is 0 Å². The van der Waals surface area contributed by atoms with E-state index in [0.29, 0.717) is 17.3 Å². The van der Waals surface area contributed by atoms with E-state index >= 15 is 0 Å². The molecule has 1 aliphatic rings. The molecule has 6 heteroatoms. The van der Waals surface area contributed by atoms with Crippen molar-refractivity contribution in [3.8, 4) is 17.2 Å². The van der Waals surface area contributed by atoms with Crippen molar-refractivity contribution >= 4 is 22.6 Å². The van der Waals surface area contributed by atoms with Crippen LogP contribution >= 0.6 is 22.6 Å². The predicted molar refractivity (Wildman–Crippen MR) is 76.7 cm³/mol. The summed E-state index contributed by atoms with van der Waals surface area (Å²) in [5.74, 6) is 1.18. The van der Waals surface area contributed by atoms with Gasteiger partial charge >= 0.3 is 0 Å². The number of aromatic hydroxyl groups is 1. The second-order valence-electron chi connectivity index (χ2n) is 4.77. The minimum atomic E-state index is -0.451. The summed E-state index contributed by atoms with van der Waals surface area (Å²) in [5.41, 5.74) is 0.255. The van der Waals surface area contributed by atoms with Gasteiger partial charge in [0.25, 0.3) is 5.89 Å². The minimum Gasteiger partial charge on any atom is -0.507 e. The van der Waals surface area contributed by atoms with Gasteiger partial charge in [0.05, 0.1) is 3.57 Å². The molecule has 5 nitrogen and oxygen atoms in total. The second-order valence-corrected chi connectivity index (χ2v) is 5.93. The van der Waals surface area contributed by atoms with Crippen molar-refractivity contribution in [1.82, 2.24) is 10.1 Å². The Balaban J connectivity index is 1.94. The average molecular weight is 372 g/mol. The van der Waals surface area contributed by atoms with Crippen LogP contribution in [0.1, 0.15) is 25.6 Å². The van der Waals surface area contributed by atoms with Gasteiger partial charge in [-0.2, -0.15) is 4.98 Å². The van der Waals surface area contributed by atoms with Crippen LogP contribution < -0.4 is 0 Å². The number of aromatic nitrogens is 2. The van der Waals surface area contributed by atoms with Crippen LogP contribution in [0.4, 0.5) is 0 Å². The van der Waals surface area contributed by atoms with Gasteiger partial charge in [0.1, 0.15) is 11.4 Å². The zero-order valence-corrected chi connectivity index (χ0v) is 12.5. The molecule has 0 spiro atoms. The molecule has 19 heavy (non-hydrogen) atoms. The molecule has 1 atom stereocenters. The van der Waals surface area contributed by atoms with Gasteiger partial charge in [-0.3, -0.25) is 0 Å². The van der Waals surface area contributed by atoms with Crippen LogP contribution in [0.15, 0.2) is 22.7 Å². The fourth-order valence-corrected chi connectivity index (χ4v) is 2.49. The lowest BCUT2D eigenvalue weighted by Crippen LogP contribution is -2.21. The average Bonchev–Trinajstić information content (AvgIpc) is 3.02. The third-order valence-electron chi connectivity index (χ3n) is 3.31. The maximum Gasteiger partial charge on any atom is 0.258 e. The molecule has 1 fully saturated rings. The van der Waals surface area contributed by atoms with Crippen LogP contribution in [-0.4, -0.2) is 21.9 Å². The van der Waals surface area contributed by atoms with Crippen molar-refractivity contribution in [2.45, 2.75) is 25.4 Å². The molecule has 1 unspecified atom stereocenters. The van der Waals surface area contributed by atoms with E-state index in [1.54, 1.807) is 6.07 Å². The highest BCUT2D eigenvalue weighted by atomic mass is 127. The normalized spacial score (nSPS) is 22.8. The Morgan fingerprint density at radius 3 is 2.95 bits per heavy atom. The summed E-state index contributed by atoms with van der Waals surface area (Å²) in [6.07, 6.45) is 1.90. The standard InChI is InChI=1S/C13H13IN2O3/c1-13(5-2-6-18-13)12-15-11(19-16-12)8-3-4-9(14)10(17)7-8/h3-4,7,17H,2,5-6H2,1H3. The number of phenols is 1. The minimum absolute atomic E-state index is 0.209. The van der Waals surface area contributed by atoms with E-state index in [4.69, 9.17) is 9.26 Å². The molecule has 0 aliphatic carbocycles. The summed E-state index contributed by atoms with van der Waals surface area (Å²) < 4.78 is 11.7. The first-order valence-electron chi connectivity index (χ1n) is 6.05. The largest absolute Gasteiger partial charge is 0.507 e. The molecule has 2 heterocycles. The van der Waals surface area contributed by atoms with Crippen LogP contribution in [0.25, 0.3) is 11.5 Å². The van der Waals surface area contributed by atoms with Crippen LogP contribution in [0.5, 0.6) is 5.75 Å². The van der Waals surface area contributed by atoms with Crippen molar-refractivity contribution in [2.24, 2.45) is 0 Å². The van der Waals surface area contributed by atoms with Crippen molar-refractivity contribution in [2.75, 3.05) is 6.61 Å². The first-order chi connectivity index (χ1) is 9.08. The number of rotatable bonds is 2. The lowest BCUT2D eigenvalue weighted by Gasteiger charge is -2.17. The third-order valence-corrected chi connectivity index (χ3v) is 4.22. The van der Waals surface area contributed by atoms with Gasteiger partial charge < -0.3 is 14.4 Å². The molecular weight excluding hydrogens is 359 g/mol. The highest BCUT2D eigenvalue weighted by Crippen LogP contribution is 2.35. The fraction of sp³-hybridized carbons (Fsp3) is 0.385. The number of phenolic OH excluding ortho intramolecular Hbond substituents is 1. The van der Waals surface area contributed by atoms with Crippen LogP contribution in [0.2, 0.25) is 0 Å². The molecule has 0 amide bonds. The predicted octanol–water partition coefficient (Wildman–Crippen LogP) is 3.07. The number of hydrogen-bond donors (Lipinski definition) is 1. The molecule has 1 aromatic carbocycles. The molecule has 0 bridgehead atoms. The summed E-state index contributed by atoms with van der Waals surface area (Å²) in [7, 11) is 0. The fourth-order valence-electron chi connectivity index (χ4n) is 2.16. The Labute approximate surface area is 124 Å². The molecule has 1 saturated heterocycles. The van der Waals surface area contributed by atoms with Crippen LogP contribution in [-0.2, 0) is 10.3 Å². The van der Waals surface area contributed by atoms with E-state index in [9.17, 15) is 5.11 Å². The van der Waals surface area contributed by atoms with Gasteiger partial charge in [0.15, 0.2) is 0 Å². The number of ether oxygens (including phenoxy) is 1. The van der Waals surface area contributed by atoms with Gasteiger partial charge in [0, 0.05) is 12.2 Å². The lowest BCUT2D eigenvalue weighted by atomic mass is 10.0. The quantitative estimate of drug-likeness (QED) is 0.821. The molecule has 0 radical (unpaired) electrons. The van der Waals surface area contributed by atoms with Gasteiger partial charge in [-0.15, -0.1) is 0 Å². The molecule has 3 rings (SSSR count). The first kappa shape index (κ1) is 12.9. The van der Waals surface area contributed by atoms with Crippen molar-refractivity contribution < 1.29 is 14.4 Å². The van der Waals surface area contributed by atoms with E-state index in [1.165, 1.54) is 0 Å². The molecule has 0 saturated carbocycles.